The molecule has 0 saturated carbocycles. The highest BCUT2D eigenvalue weighted by atomic mass is 16.1. The molecule has 106 valence electrons. The van der Waals surface area contributed by atoms with E-state index in [0.29, 0.717) is 17.9 Å². The molecule has 0 spiro atoms. The number of hydrogen-bond acceptors (Lipinski definition) is 4. The molecule has 21 heavy (non-hydrogen) atoms. The van der Waals surface area contributed by atoms with Crippen molar-refractivity contribution in [3.05, 3.63) is 60.2 Å². The van der Waals surface area contributed by atoms with Crippen LogP contribution >= 0.6 is 0 Å². The SMILES string of the molecule is Nc1ccccc1-n1ccc(C(=O)NCc2cn[nH]c2)n1. The van der Waals surface area contributed by atoms with Crippen LogP contribution in [0.4, 0.5) is 5.69 Å². The van der Waals surface area contributed by atoms with E-state index in [9.17, 15) is 4.79 Å². The van der Waals surface area contributed by atoms with Crippen molar-refractivity contribution in [2.45, 2.75) is 6.54 Å². The fourth-order valence-corrected chi connectivity index (χ4v) is 1.92. The molecule has 0 saturated heterocycles. The van der Waals surface area contributed by atoms with E-state index < -0.39 is 0 Å². The van der Waals surface area contributed by atoms with E-state index in [0.717, 1.165) is 11.3 Å². The Labute approximate surface area is 120 Å². The van der Waals surface area contributed by atoms with Crippen LogP contribution in [0.1, 0.15) is 16.1 Å². The van der Waals surface area contributed by atoms with Crippen molar-refractivity contribution < 1.29 is 4.79 Å². The van der Waals surface area contributed by atoms with Crippen molar-refractivity contribution >= 4 is 11.6 Å². The van der Waals surface area contributed by atoms with Crippen LogP contribution in [0.15, 0.2) is 48.9 Å². The first kappa shape index (κ1) is 12.9. The number of nitrogens with two attached hydrogens (primary N) is 1. The number of nitrogens with one attached hydrogen (secondary N) is 2. The number of rotatable bonds is 4. The number of carbonyl (C=O) groups is 1. The highest BCUT2D eigenvalue weighted by Crippen LogP contribution is 2.15. The number of benzene rings is 1. The number of carbonyl (C=O) groups excluding carboxylic acids is 1. The third kappa shape index (κ3) is 2.76. The molecule has 0 aliphatic carbocycles. The number of anilines is 1. The van der Waals surface area contributed by atoms with Gasteiger partial charge in [0.2, 0.25) is 0 Å². The molecule has 4 N–H and O–H groups in total. The first-order valence-corrected chi connectivity index (χ1v) is 6.40. The Kier molecular flexibility index (Phi) is 3.38. The van der Waals surface area contributed by atoms with Gasteiger partial charge >= 0.3 is 0 Å². The minimum atomic E-state index is -0.246. The number of aromatic amines is 1. The third-order valence-electron chi connectivity index (χ3n) is 3.01. The van der Waals surface area contributed by atoms with Gasteiger partial charge in [-0.05, 0) is 18.2 Å². The van der Waals surface area contributed by atoms with Gasteiger partial charge in [0, 0.05) is 24.5 Å². The number of aromatic nitrogens is 4. The molecule has 0 atom stereocenters. The average Bonchev–Trinajstić information content (AvgIpc) is 3.17. The number of amides is 1. The molecule has 0 fully saturated rings. The minimum Gasteiger partial charge on any atom is -0.397 e. The number of nitrogens with zero attached hydrogens (tertiary/aromatic N) is 3. The predicted octanol–water partition coefficient (Wildman–Crippen LogP) is 1.11. The molecule has 3 aromatic rings. The summed E-state index contributed by atoms with van der Waals surface area (Å²) in [6.45, 7) is 0.398. The highest BCUT2D eigenvalue weighted by molar-refractivity contribution is 5.92. The summed E-state index contributed by atoms with van der Waals surface area (Å²) >= 11 is 0. The van der Waals surface area contributed by atoms with Crippen molar-refractivity contribution in [1.29, 1.82) is 0 Å². The maximum Gasteiger partial charge on any atom is 0.272 e. The lowest BCUT2D eigenvalue weighted by atomic mass is 10.3. The fourth-order valence-electron chi connectivity index (χ4n) is 1.92. The van der Waals surface area contributed by atoms with E-state index in [2.05, 4.69) is 20.6 Å². The summed E-state index contributed by atoms with van der Waals surface area (Å²) in [5.41, 5.74) is 8.47. The van der Waals surface area contributed by atoms with Gasteiger partial charge in [0.05, 0.1) is 17.6 Å². The van der Waals surface area contributed by atoms with Crippen LogP contribution < -0.4 is 11.1 Å². The molecular formula is C14H14N6O. The molecule has 0 radical (unpaired) electrons. The molecule has 0 bridgehead atoms. The average molecular weight is 282 g/mol. The van der Waals surface area contributed by atoms with E-state index in [-0.39, 0.29) is 5.91 Å². The van der Waals surface area contributed by atoms with Gasteiger partial charge in [-0.25, -0.2) is 4.68 Å². The second-order valence-corrected chi connectivity index (χ2v) is 4.49. The Morgan fingerprint density at radius 2 is 2.19 bits per heavy atom. The Morgan fingerprint density at radius 3 is 2.95 bits per heavy atom. The second kappa shape index (κ2) is 5.49. The van der Waals surface area contributed by atoms with Crippen LogP contribution in [-0.4, -0.2) is 25.9 Å². The lowest BCUT2D eigenvalue weighted by Crippen LogP contribution is -2.23. The van der Waals surface area contributed by atoms with Gasteiger partial charge < -0.3 is 11.1 Å². The summed E-state index contributed by atoms with van der Waals surface area (Å²) in [6.07, 6.45) is 5.09. The largest absolute Gasteiger partial charge is 0.397 e. The van der Waals surface area contributed by atoms with E-state index in [1.54, 1.807) is 35.4 Å². The molecule has 0 unspecified atom stereocenters. The van der Waals surface area contributed by atoms with E-state index >= 15 is 0 Å². The molecule has 1 amide bonds. The number of hydrogen-bond donors (Lipinski definition) is 3. The quantitative estimate of drug-likeness (QED) is 0.624. The highest BCUT2D eigenvalue weighted by Gasteiger charge is 2.11. The van der Waals surface area contributed by atoms with Crippen molar-refractivity contribution in [3.8, 4) is 5.69 Å². The first-order chi connectivity index (χ1) is 10.2. The van der Waals surface area contributed by atoms with Crippen LogP contribution in [0.25, 0.3) is 5.69 Å². The fraction of sp³-hybridized carbons (Fsp3) is 0.0714. The monoisotopic (exact) mass is 282 g/mol. The molecular weight excluding hydrogens is 268 g/mol. The molecule has 7 heteroatoms. The summed E-state index contributed by atoms with van der Waals surface area (Å²) < 4.78 is 1.59. The molecule has 0 aliphatic heterocycles. The molecule has 7 nitrogen and oxygen atoms in total. The van der Waals surface area contributed by atoms with Crippen LogP contribution in [0, 0.1) is 0 Å². The zero-order valence-corrected chi connectivity index (χ0v) is 11.2. The number of nitrogen functional groups attached to an aromatic ring is 1. The van der Waals surface area contributed by atoms with Crippen molar-refractivity contribution in [1.82, 2.24) is 25.3 Å². The maximum atomic E-state index is 12.0. The Balaban J connectivity index is 1.73. The van der Waals surface area contributed by atoms with Crippen LogP contribution in [0.2, 0.25) is 0 Å². The maximum absolute atomic E-state index is 12.0. The Bertz CT molecular complexity index is 746. The summed E-state index contributed by atoms with van der Waals surface area (Å²) in [6, 6.07) is 9.00. The van der Waals surface area contributed by atoms with E-state index in [1.165, 1.54) is 0 Å². The smallest absolute Gasteiger partial charge is 0.272 e. The summed E-state index contributed by atoms with van der Waals surface area (Å²) in [5.74, 6) is -0.246. The van der Waals surface area contributed by atoms with Crippen LogP contribution in [0.5, 0.6) is 0 Å². The number of H-pyrrole nitrogens is 1. The lowest BCUT2D eigenvalue weighted by molar-refractivity contribution is 0.0945. The van der Waals surface area contributed by atoms with Gasteiger partial charge in [0.1, 0.15) is 0 Å². The minimum absolute atomic E-state index is 0.246. The summed E-state index contributed by atoms with van der Waals surface area (Å²) in [7, 11) is 0. The predicted molar refractivity (Wildman–Crippen MR) is 77.7 cm³/mol. The zero-order chi connectivity index (χ0) is 14.7. The third-order valence-corrected chi connectivity index (χ3v) is 3.01. The standard InChI is InChI=1S/C14H14N6O/c15-11-3-1-2-4-13(11)20-6-5-12(19-20)14(21)16-7-10-8-17-18-9-10/h1-6,8-9H,7,15H2,(H,16,21)(H,17,18). The first-order valence-electron chi connectivity index (χ1n) is 6.40. The van der Waals surface area contributed by atoms with Gasteiger partial charge in [0.25, 0.3) is 5.91 Å². The zero-order valence-electron chi connectivity index (χ0n) is 11.2. The molecule has 2 heterocycles. The molecule has 1 aromatic carbocycles. The summed E-state index contributed by atoms with van der Waals surface area (Å²) in [4.78, 5) is 12.0. The Hall–Kier alpha value is -3.09. The molecule has 3 rings (SSSR count). The second-order valence-electron chi connectivity index (χ2n) is 4.49. The van der Waals surface area contributed by atoms with Crippen molar-refractivity contribution in [2.75, 3.05) is 5.73 Å². The lowest BCUT2D eigenvalue weighted by Gasteiger charge is -2.04. The van der Waals surface area contributed by atoms with Crippen molar-refractivity contribution in [2.24, 2.45) is 0 Å². The normalized spacial score (nSPS) is 10.5. The van der Waals surface area contributed by atoms with Gasteiger partial charge in [-0.1, -0.05) is 12.1 Å². The van der Waals surface area contributed by atoms with E-state index in [4.69, 9.17) is 5.73 Å². The van der Waals surface area contributed by atoms with Crippen LogP contribution in [0.3, 0.4) is 0 Å². The Morgan fingerprint density at radius 1 is 1.33 bits per heavy atom. The van der Waals surface area contributed by atoms with Gasteiger partial charge in [-0.3, -0.25) is 9.89 Å². The van der Waals surface area contributed by atoms with Crippen molar-refractivity contribution in [3.63, 3.8) is 0 Å². The van der Waals surface area contributed by atoms with Gasteiger partial charge in [-0.15, -0.1) is 0 Å². The number of para-hydroxylation sites is 2. The molecule has 2 aromatic heterocycles. The van der Waals surface area contributed by atoms with Gasteiger partial charge in [-0.2, -0.15) is 10.2 Å². The van der Waals surface area contributed by atoms with Crippen LogP contribution in [-0.2, 0) is 6.54 Å². The summed E-state index contributed by atoms with van der Waals surface area (Å²) in [5, 5.41) is 13.5. The van der Waals surface area contributed by atoms with Gasteiger partial charge in [0.15, 0.2) is 5.69 Å². The molecule has 0 aliphatic rings. The topological polar surface area (TPSA) is 102 Å². The van der Waals surface area contributed by atoms with E-state index in [1.807, 2.05) is 18.2 Å².